The van der Waals surface area contributed by atoms with Crippen LogP contribution in [-0.2, 0) is 9.53 Å². The van der Waals surface area contributed by atoms with Gasteiger partial charge in [0.15, 0.2) is 12.4 Å². The summed E-state index contributed by atoms with van der Waals surface area (Å²) in [6.45, 7) is 0. The first kappa shape index (κ1) is 18.0. The highest BCUT2D eigenvalue weighted by molar-refractivity contribution is 5.89. The maximum Gasteiger partial charge on any atom is 0.371 e. The summed E-state index contributed by atoms with van der Waals surface area (Å²) in [5.74, 6) is -1.42. The lowest BCUT2D eigenvalue weighted by atomic mass is 10.2. The number of ether oxygens (including phenoxy) is 1. The standard InChI is InChI=1S/C10H10O4.C7H11N2/c1-14-9(10(12)13)6-7-2-4-8(11)5-3-7;1-8(2)9-6-4-3-5-7-9/h2-6,11H,1H3,(H,12,13);3-7H,1-2H3/q;+1/p-1. The molecule has 0 fully saturated rings. The number of carboxylic acid groups (broad SMARTS) is 1. The van der Waals surface area contributed by atoms with Gasteiger partial charge >= 0.3 is 5.97 Å². The van der Waals surface area contributed by atoms with Gasteiger partial charge in [0.1, 0.15) is 0 Å². The van der Waals surface area contributed by atoms with Crippen molar-refractivity contribution in [3.8, 4) is 5.75 Å². The van der Waals surface area contributed by atoms with E-state index >= 15 is 0 Å². The monoisotopic (exact) mass is 316 g/mol. The van der Waals surface area contributed by atoms with Crippen molar-refractivity contribution in [1.82, 2.24) is 0 Å². The molecule has 0 aliphatic carbocycles. The Hall–Kier alpha value is -3.02. The van der Waals surface area contributed by atoms with Gasteiger partial charge in [0.25, 0.3) is 0 Å². The molecule has 2 aromatic rings. The molecule has 0 spiro atoms. The maximum atomic E-state index is 10.7. The van der Waals surface area contributed by atoms with Crippen LogP contribution in [0.15, 0.2) is 60.6 Å². The number of benzene rings is 1. The van der Waals surface area contributed by atoms with Crippen LogP contribution in [0.25, 0.3) is 6.08 Å². The van der Waals surface area contributed by atoms with Crippen molar-refractivity contribution in [2.24, 2.45) is 0 Å². The molecule has 23 heavy (non-hydrogen) atoms. The van der Waals surface area contributed by atoms with Gasteiger partial charge in [-0.3, -0.25) is 0 Å². The molecule has 1 aromatic carbocycles. The quantitative estimate of drug-likeness (QED) is 0.517. The highest BCUT2D eigenvalue weighted by atomic mass is 16.5. The Labute approximate surface area is 135 Å². The molecule has 1 heterocycles. The van der Waals surface area contributed by atoms with E-state index in [-0.39, 0.29) is 11.5 Å². The zero-order valence-corrected chi connectivity index (χ0v) is 13.3. The van der Waals surface area contributed by atoms with Gasteiger partial charge in [-0.05, 0) is 11.6 Å². The smallest absolute Gasteiger partial charge is 0.371 e. The highest BCUT2D eigenvalue weighted by Gasteiger charge is 2.05. The van der Waals surface area contributed by atoms with Crippen LogP contribution in [0.5, 0.6) is 5.75 Å². The van der Waals surface area contributed by atoms with Gasteiger partial charge in [-0.25, -0.2) is 4.79 Å². The second kappa shape index (κ2) is 9.09. The average molecular weight is 316 g/mol. The third-order valence-corrected chi connectivity index (χ3v) is 2.77. The number of aromatic nitrogens is 1. The molecule has 0 unspecified atom stereocenters. The van der Waals surface area contributed by atoms with Crippen LogP contribution in [-0.4, -0.2) is 32.3 Å². The largest absolute Gasteiger partial charge is 0.872 e. The number of rotatable bonds is 4. The van der Waals surface area contributed by atoms with E-state index in [1.165, 1.54) is 37.5 Å². The number of carbonyl (C=O) groups is 1. The van der Waals surface area contributed by atoms with Crippen LogP contribution in [0, 0.1) is 0 Å². The number of aliphatic carboxylic acids is 1. The summed E-state index contributed by atoms with van der Waals surface area (Å²) >= 11 is 0. The van der Waals surface area contributed by atoms with Gasteiger partial charge in [0.05, 0.1) is 21.2 Å². The number of hydrogen-bond donors (Lipinski definition) is 1. The maximum absolute atomic E-state index is 10.7. The lowest BCUT2D eigenvalue weighted by molar-refractivity contribution is -0.687. The summed E-state index contributed by atoms with van der Waals surface area (Å²) < 4.78 is 6.63. The Morgan fingerprint density at radius 1 is 1.17 bits per heavy atom. The normalized spacial score (nSPS) is 10.3. The number of carboxylic acids is 1. The SMILES string of the molecule is CN(C)[n+]1ccccc1.COC(=Cc1ccc([O-])cc1)C(=O)O. The van der Waals surface area contributed by atoms with Gasteiger partial charge < -0.3 is 14.9 Å². The predicted molar refractivity (Wildman–Crippen MR) is 85.2 cm³/mol. The highest BCUT2D eigenvalue weighted by Crippen LogP contribution is 2.11. The molecule has 122 valence electrons. The Balaban J connectivity index is 0.000000253. The fourth-order valence-electron chi connectivity index (χ4n) is 1.58. The summed E-state index contributed by atoms with van der Waals surface area (Å²) in [6, 6.07) is 11.8. The molecule has 1 aromatic heterocycles. The average Bonchev–Trinajstić information content (AvgIpc) is 2.55. The minimum absolute atomic E-state index is 0.114. The van der Waals surface area contributed by atoms with E-state index in [9.17, 15) is 9.90 Å². The number of pyridine rings is 1. The summed E-state index contributed by atoms with van der Waals surface area (Å²) in [6.07, 6.45) is 5.35. The molecule has 6 heteroatoms. The van der Waals surface area contributed by atoms with E-state index in [1.807, 2.05) is 54.4 Å². The fraction of sp³-hybridized carbons (Fsp3) is 0.176. The first-order valence-corrected chi connectivity index (χ1v) is 6.84. The Kier molecular flexibility index (Phi) is 7.13. The van der Waals surface area contributed by atoms with Crippen molar-refractivity contribution in [3.05, 3.63) is 66.2 Å². The van der Waals surface area contributed by atoms with E-state index in [4.69, 9.17) is 5.11 Å². The van der Waals surface area contributed by atoms with Gasteiger partial charge in [-0.2, -0.15) is 5.01 Å². The van der Waals surface area contributed by atoms with E-state index in [0.29, 0.717) is 5.56 Å². The number of methoxy groups -OCH3 is 1. The van der Waals surface area contributed by atoms with Crippen LogP contribution >= 0.6 is 0 Å². The summed E-state index contributed by atoms with van der Waals surface area (Å²) in [7, 11) is 5.28. The zero-order valence-electron chi connectivity index (χ0n) is 13.3. The van der Waals surface area contributed by atoms with Crippen molar-refractivity contribution in [3.63, 3.8) is 0 Å². The van der Waals surface area contributed by atoms with Crippen molar-refractivity contribution < 1.29 is 24.4 Å². The van der Waals surface area contributed by atoms with E-state index in [2.05, 4.69) is 4.74 Å². The van der Waals surface area contributed by atoms with E-state index in [1.54, 1.807) is 0 Å². The third-order valence-electron chi connectivity index (χ3n) is 2.77. The topological polar surface area (TPSA) is 76.7 Å². The van der Waals surface area contributed by atoms with Crippen molar-refractivity contribution in [2.45, 2.75) is 0 Å². The molecule has 0 saturated carbocycles. The third kappa shape index (κ3) is 6.52. The second-order valence-electron chi connectivity index (χ2n) is 4.69. The van der Waals surface area contributed by atoms with Crippen LogP contribution in [0.2, 0.25) is 0 Å². The summed E-state index contributed by atoms with van der Waals surface area (Å²) in [4.78, 5) is 10.5. The molecule has 0 radical (unpaired) electrons. The minimum atomic E-state index is -1.14. The van der Waals surface area contributed by atoms with Crippen LogP contribution in [0.3, 0.4) is 0 Å². The molecular weight excluding hydrogens is 296 g/mol. The summed E-state index contributed by atoms with van der Waals surface area (Å²) in [5.41, 5.74) is 0.615. The molecule has 6 nitrogen and oxygen atoms in total. The lowest BCUT2D eigenvalue weighted by Crippen LogP contribution is -2.51. The number of hydrogen-bond acceptors (Lipinski definition) is 4. The van der Waals surface area contributed by atoms with Crippen LogP contribution < -0.4 is 14.8 Å². The first-order chi connectivity index (χ1) is 10.9. The first-order valence-electron chi connectivity index (χ1n) is 6.84. The second-order valence-corrected chi connectivity index (χ2v) is 4.69. The summed E-state index contributed by atoms with van der Waals surface area (Å²) in [5, 5.41) is 21.4. The van der Waals surface area contributed by atoms with Crippen molar-refractivity contribution >= 4 is 12.0 Å². The van der Waals surface area contributed by atoms with Crippen LogP contribution in [0.4, 0.5) is 0 Å². The van der Waals surface area contributed by atoms with Gasteiger partial charge in [-0.1, -0.05) is 35.0 Å². The predicted octanol–water partition coefficient (Wildman–Crippen LogP) is 1.00. The molecular formula is C17H20N2O4. The Bertz CT molecular complexity index is 637. The van der Waals surface area contributed by atoms with Gasteiger partial charge in [0.2, 0.25) is 5.76 Å². The molecule has 0 atom stereocenters. The molecule has 0 aliphatic rings. The molecule has 0 bridgehead atoms. The molecule has 0 amide bonds. The van der Waals surface area contributed by atoms with E-state index < -0.39 is 5.97 Å². The Morgan fingerprint density at radius 3 is 2.13 bits per heavy atom. The molecule has 0 aliphatic heterocycles. The van der Waals surface area contributed by atoms with Crippen LogP contribution in [0.1, 0.15) is 5.56 Å². The van der Waals surface area contributed by atoms with Crippen molar-refractivity contribution in [2.75, 3.05) is 26.2 Å². The van der Waals surface area contributed by atoms with E-state index in [0.717, 1.165) is 0 Å². The molecule has 0 saturated heterocycles. The number of nitrogens with zero attached hydrogens (tertiary/aromatic N) is 2. The van der Waals surface area contributed by atoms with Gasteiger partial charge in [-0.15, -0.1) is 5.75 Å². The molecule has 2 rings (SSSR count). The van der Waals surface area contributed by atoms with Crippen molar-refractivity contribution in [1.29, 1.82) is 0 Å². The lowest BCUT2D eigenvalue weighted by Gasteiger charge is -2.04. The molecule has 1 N–H and O–H groups in total. The zero-order chi connectivity index (χ0) is 17.2. The Morgan fingerprint density at radius 2 is 1.74 bits per heavy atom. The van der Waals surface area contributed by atoms with Gasteiger partial charge in [0, 0.05) is 12.1 Å². The minimum Gasteiger partial charge on any atom is -0.872 e. The fourth-order valence-corrected chi connectivity index (χ4v) is 1.58.